The summed E-state index contributed by atoms with van der Waals surface area (Å²) < 4.78 is 5.39. The summed E-state index contributed by atoms with van der Waals surface area (Å²) in [5.41, 5.74) is 1.85. The Bertz CT molecular complexity index is 988. The van der Waals surface area contributed by atoms with Gasteiger partial charge in [-0.3, -0.25) is 9.59 Å². The number of carbonyl (C=O) groups is 1. The van der Waals surface area contributed by atoms with E-state index in [1.807, 2.05) is 37.3 Å². The fourth-order valence-electron chi connectivity index (χ4n) is 2.51. The number of anilines is 1. The van der Waals surface area contributed by atoms with Gasteiger partial charge in [0.25, 0.3) is 5.56 Å². The average molecular weight is 395 g/mol. The first-order valence-corrected chi connectivity index (χ1v) is 9.80. The minimum atomic E-state index is -0.444. The van der Waals surface area contributed by atoms with Crippen molar-refractivity contribution in [1.82, 2.24) is 9.97 Å². The largest absolute Gasteiger partial charge is 0.494 e. The van der Waals surface area contributed by atoms with Crippen LogP contribution in [0.25, 0.3) is 11.3 Å². The molecule has 7 heteroatoms. The van der Waals surface area contributed by atoms with Gasteiger partial charge in [0.2, 0.25) is 5.91 Å². The van der Waals surface area contributed by atoms with Crippen molar-refractivity contribution in [1.29, 1.82) is 0 Å². The first-order chi connectivity index (χ1) is 13.5. The van der Waals surface area contributed by atoms with Crippen LogP contribution in [0.2, 0.25) is 0 Å². The molecule has 2 aromatic carbocycles. The molecule has 0 aliphatic carbocycles. The van der Waals surface area contributed by atoms with E-state index in [-0.39, 0.29) is 11.5 Å². The molecule has 0 saturated carbocycles. The Morgan fingerprint density at radius 3 is 2.57 bits per heavy atom. The van der Waals surface area contributed by atoms with Crippen molar-refractivity contribution in [2.45, 2.75) is 24.3 Å². The van der Waals surface area contributed by atoms with Crippen LogP contribution in [0.4, 0.5) is 5.69 Å². The molecule has 6 nitrogen and oxygen atoms in total. The summed E-state index contributed by atoms with van der Waals surface area (Å²) >= 11 is 1.20. The van der Waals surface area contributed by atoms with E-state index in [0.717, 1.165) is 11.3 Å². The Morgan fingerprint density at radius 2 is 1.89 bits per heavy atom. The Kier molecular flexibility index (Phi) is 6.49. The van der Waals surface area contributed by atoms with E-state index in [4.69, 9.17) is 4.74 Å². The molecular weight excluding hydrogens is 374 g/mol. The number of nitrogens with zero attached hydrogens (tertiary/aromatic N) is 1. The summed E-state index contributed by atoms with van der Waals surface area (Å²) in [5.74, 6) is 0.573. The lowest BCUT2D eigenvalue weighted by molar-refractivity contribution is -0.115. The summed E-state index contributed by atoms with van der Waals surface area (Å²) in [6.45, 7) is 4.27. The van der Waals surface area contributed by atoms with Gasteiger partial charge in [0.1, 0.15) is 5.75 Å². The highest BCUT2D eigenvalue weighted by molar-refractivity contribution is 8.00. The van der Waals surface area contributed by atoms with Crippen molar-refractivity contribution in [2.75, 3.05) is 11.9 Å². The van der Waals surface area contributed by atoms with Crippen LogP contribution in [0, 0.1) is 0 Å². The number of benzene rings is 2. The normalized spacial score (nSPS) is 11.6. The molecule has 1 amide bonds. The van der Waals surface area contributed by atoms with E-state index in [1.165, 1.54) is 17.8 Å². The number of ether oxygens (including phenoxy) is 1. The number of nitrogens with one attached hydrogen (secondary N) is 2. The van der Waals surface area contributed by atoms with Crippen LogP contribution in [0.5, 0.6) is 5.75 Å². The minimum absolute atomic E-state index is 0.179. The first kappa shape index (κ1) is 19.7. The van der Waals surface area contributed by atoms with Gasteiger partial charge in [-0.05, 0) is 38.1 Å². The fourth-order valence-corrected chi connectivity index (χ4v) is 3.33. The summed E-state index contributed by atoms with van der Waals surface area (Å²) in [7, 11) is 0. The standard InChI is InChI=1S/C21H21N3O3S/c1-3-27-17-11-9-16(10-12-17)22-20(26)14(2)28-21-23-18(13-19(25)24-21)15-7-5-4-6-8-15/h4-14H,3H2,1-2H3,(H,22,26)(H,23,24,25). The monoisotopic (exact) mass is 395 g/mol. The molecule has 1 unspecified atom stereocenters. The maximum absolute atomic E-state index is 12.5. The van der Waals surface area contributed by atoms with Gasteiger partial charge in [-0.2, -0.15) is 0 Å². The third-order valence-electron chi connectivity index (χ3n) is 3.88. The number of amides is 1. The maximum atomic E-state index is 12.5. The number of hydrogen-bond acceptors (Lipinski definition) is 5. The highest BCUT2D eigenvalue weighted by Gasteiger charge is 2.17. The minimum Gasteiger partial charge on any atom is -0.494 e. The lowest BCUT2D eigenvalue weighted by Gasteiger charge is -2.12. The third-order valence-corrected chi connectivity index (χ3v) is 4.86. The maximum Gasteiger partial charge on any atom is 0.252 e. The van der Waals surface area contributed by atoms with E-state index in [2.05, 4.69) is 15.3 Å². The molecule has 0 saturated heterocycles. The predicted octanol–water partition coefficient (Wildman–Crippen LogP) is 3.95. The van der Waals surface area contributed by atoms with Crippen LogP contribution in [0.15, 0.2) is 70.6 Å². The van der Waals surface area contributed by atoms with Gasteiger partial charge in [-0.25, -0.2) is 4.98 Å². The third kappa shape index (κ3) is 5.23. The second-order valence-corrected chi connectivity index (χ2v) is 7.34. The van der Waals surface area contributed by atoms with Gasteiger partial charge >= 0.3 is 0 Å². The smallest absolute Gasteiger partial charge is 0.252 e. The topological polar surface area (TPSA) is 84.1 Å². The Hall–Kier alpha value is -3.06. The van der Waals surface area contributed by atoms with E-state index in [0.29, 0.717) is 23.1 Å². The summed E-state index contributed by atoms with van der Waals surface area (Å²) in [6.07, 6.45) is 0. The van der Waals surface area contributed by atoms with Crippen LogP contribution < -0.4 is 15.6 Å². The summed E-state index contributed by atoms with van der Waals surface area (Å²) in [6, 6.07) is 18.1. The van der Waals surface area contributed by atoms with Crippen molar-refractivity contribution in [3.63, 3.8) is 0 Å². The molecule has 0 aliphatic rings. The van der Waals surface area contributed by atoms with Crippen LogP contribution in [-0.4, -0.2) is 27.7 Å². The molecule has 0 spiro atoms. The second-order valence-electron chi connectivity index (χ2n) is 6.01. The zero-order valence-electron chi connectivity index (χ0n) is 15.6. The molecule has 1 atom stereocenters. The Balaban J connectivity index is 1.68. The van der Waals surface area contributed by atoms with Crippen LogP contribution in [0.3, 0.4) is 0 Å². The van der Waals surface area contributed by atoms with Crippen molar-refractivity contribution in [3.8, 4) is 17.0 Å². The highest BCUT2D eigenvalue weighted by Crippen LogP contribution is 2.23. The van der Waals surface area contributed by atoms with Crippen molar-refractivity contribution in [2.24, 2.45) is 0 Å². The lowest BCUT2D eigenvalue weighted by atomic mass is 10.1. The quantitative estimate of drug-likeness (QED) is 0.467. The number of carbonyl (C=O) groups excluding carboxylic acids is 1. The summed E-state index contributed by atoms with van der Waals surface area (Å²) in [5, 5.41) is 2.82. The Labute approximate surface area is 167 Å². The average Bonchev–Trinajstić information content (AvgIpc) is 2.70. The van der Waals surface area contributed by atoms with Crippen molar-refractivity contribution in [3.05, 3.63) is 71.0 Å². The second kappa shape index (κ2) is 9.23. The molecule has 1 heterocycles. The highest BCUT2D eigenvalue weighted by atomic mass is 32.2. The number of thioether (sulfide) groups is 1. The number of aromatic amines is 1. The molecule has 3 rings (SSSR count). The number of aromatic nitrogens is 2. The fraction of sp³-hybridized carbons (Fsp3) is 0.190. The lowest BCUT2D eigenvalue weighted by Crippen LogP contribution is -2.23. The van der Waals surface area contributed by atoms with E-state index >= 15 is 0 Å². The summed E-state index contributed by atoms with van der Waals surface area (Å²) in [4.78, 5) is 31.6. The molecule has 0 fully saturated rings. The number of rotatable bonds is 7. The van der Waals surface area contributed by atoms with Crippen LogP contribution in [-0.2, 0) is 4.79 Å². The zero-order chi connectivity index (χ0) is 19.9. The van der Waals surface area contributed by atoms with E-state index in [1.54, 1.807) is 31.2 Å². The van der Waals surface area contributed by atoms with Gasteiger partial charge in [-0.1, -0.05) is 42.1 Å². The Morgan fingerprint density at radius 1 is 1.18 bits per heavy atom. The number of hydrogen-bond donors (Lipinski definition) is 2. The molecule has 0 bridgehead atoms. The van der Waals surface area contributed by atoms with Crippen LogP contribution in [0.1, 0.15) is 13.8 Å². The number of H-pyrrole nitrogens is 1. The van der Waals surface area contributed by atoms with Gasteiger partial charge in [-0.15, -0.1) is 0 Å². The predicted molar refractivity (Wildman–Crippen MR) is 112 cm³/mol. The molecule has 1 aromatic heterocycles. The molecule has 144 valence electrons. The van der Waals surface area contributed by atoms with Gasteiger partial charge in [0, 0.05) is 17.3 Å². The van der Waals surface area contributed by atoms with Gasteiger partial charge < -0.3 is 15.0 Å². The molecule has 0 radical (unpaired) electrons. The zero-order valence-corrected chi connectivity index (χ0v) is 16.5. The van der Waals surface area contributed by atoms with Crippen molar-refractivity contribution >= 4 is 23.4 Å². The van der Waals surface area contributed by atoms with E-state index in [9.17, 15) is 9.59 Å². The van der Waals surface area contributed by atoms with E-state index < -0.39 is 5.25 Å². The molecule has 3 aromatic rings. The van der Waals surface area contributed by atoms with Crippen molar-refractivity contribution < 1.29 is 9.53 Å². The van der Waals surface area contributed by atoms with Gasteiger partial charge in [0.05, 0.1) is 17.6 Å². The molecule has 28 heavy (non-hydrogen) atoms. The SMILES string of the molecule is CCOc1ccc(NC(=O)C(C)Sc2nc(-c3ccccc3)cc(=O)[nH]2)cc1. The van der Waals surface area contributed by atoms with Crippen LogP contribution >= 0.6 is 11.8 Å². The molecular formula is C21H21N3O3S. The molecule has 2 N–H and O–H groups in total. The van der Waals surface area contributed by atoms with Gasteiger partial charge in [0.15, 0.2) is 5.16 Å². The molecule has 0 aliphatic heterocycles. The first-order valence-electron chi connectivity index (χ1n) is 8.92.